The number of H-pyrrole nitrogens is 1. The van der Waals surface area contributed by atoms with Crippen molar-refractivity contribution in [2.24, 2.45) is 0 Å². The second kappa shape index (κ2) is 4.49. The molecule has 0 bridgehead atoms. The van der Waals surface area contributed by atoms with E-state index in [-0.39, 0.29) is 0 Å². The van der Waals surface area contributed by atoms with Crippen LogP contribution in [0.15, 0.2) is 34.8 Å². The Bertz CT molecular complexity index is 772. The molecule has 0 aliphatic rings. The zero-order valence-electron chi connectivity index (χ0n) is 11.2. The van der Waals surface area contributed by atoms with Crippen LogP contribution in [0, 0.1) is 20.8 Å². The highest BCUT2D eigenvalue weighted by atomic mass is 79.9. The number of nitrogens with zero attached hydrogens (tertiary/aromatic N) is 1. The number of aromatic nitrogens is 2. The molecule has 0 saturated heterocycles. The van der Waals surface area contributed by atoms with E-state index < -0.39 is 0 Å². The van der Waals surface area contributed by atoms with Crippen molar-refractivity contribution in [1.29, 1.82) is 0 Å². The van der Waals surface area contributed by atoms with Gasteiger partial charge < -0.3 is 4.98 Å². The van der Waals surface area contributed by atoms with Crippen molar-refractivity contribution in [2.75, 3.05) is 0 Å². The molecule has 0 saturated carbocycles. The van der Waals surface area contributed by atoms with Gasteiger partial charge in [0.05, 0.1) is 11.0 Å². The van der Waals surface area contributed by atoms with Crippen LogP contribution in [0.4, 0.5) is 0 Å². The Morgan fingerprint density at radius 2 is 1.79 bits per heavy atom. The molecular formula is C16H15BrN2. The fourth-order valence-corrected chi connectivity index (χ4v) is 2.65. The predicted octanol–water partition coefficient (Wildman–Crippen LogP) is 4.92. The van der Waals surface area contributed by atoms with E-state index in [1.54, 1.807) is 0 Å². The molecule has 96 valence electrons. The number of hydrogen-bond donors (Lipinski definition) is 1. The lowest BCUT2D eigenvalue weighted by molar-refractivity contribution is 1.31. The van der Waals surface area contributed by atoms with E-state index >= 15 is 0 Å². The highest BCUT2D eigenvalue weighted by Gasteiger charge is 2.08. The van der Waals surface area contributed by atoms with Gasteiger partial charge in [0.15, 0.2) is 0 Å². The van der Waals surface area contributed by atoms with Crippen LogP contribution in [0.2, 0.25) is 0 Å². The van der Waals surface area contributed by atoms with Gasteiger partial charge in [-0.1, -0.05) is 28.1 Å². The highest BCUT2D eigenvalue weighted by Crippen LogP contribution is 2.26. The zero-order chi connectivity index (χ0) is 13.6. The maximum atomic E-state index is 4.72. The second-order valence-electron chi connectivity index (χ2n) is 5.03. The van der Waals surface area contributed by atoms with Gasteiger partial charge in [-0.2, -0.15) is 0 Å². The molecule has 0 unspecified atom stereocenters. The third kappa shape index (κ3) is 2.19. The summed E-state index contributed by atoms with van der Waals surface area (Å²) < 4.78 is 1.12. The fraction of sp³-hybridized carbons (Fsp3) is 0.188. The van der Waals surface area contributed by atoms with Crippen molar-refractivity contribution in [1.82, 2.24) is 9.97 Å². The molecule has 0 aliphatic carbocycles. The van der Waals surface area contributed by atoms with Crippen LogP contribution in [0.25, 0.3) is 22.4 Å². The fourth-order valence-electron chi connectivity index (χ4n) is 2.40. The minimum Gasteiger partial charge on any atom is -0.338 e. The highest BCUT2D eigenvalue weighted by molar-refractivity contribution is 9.10. The van der Waals surface area contributed by atoms with Crippen LogP contribution in [0.3, 0.4) is 0 Å². The Labute approximate surface area is 121 Å². The summed E-state index contributed by atoms with van der Waals surface area (Å²) in [7, 11) is 0. The quantitative estimate of drug-likeness (QED) is 0.678. The number of halogens is 1. The number of imidazole rings is 1. The van der Waals surface area contributed by atoms with Gasteiger partial charge >= 0.3 is 0 Å². The minimum atomic E-state index is 0.930. The van der Waals surface area contributed by atoms with Crippen molar-refractivity contribution in [3.05, 3.63) is 51.5 Å². The smallest absolute Gasteiger partial charge is 0.138 e. The molecule has 0 amide bonds. The first-order chi connectivity index (χ1) is 9.04. The molecule has 0 radical (unpaired) electrons. The molecule has 0 aliphatic heterocycles. The number of rotatable bonds is 1. The molecule has 0 fully saturated rings. The van der Waals surface area contributed by atoms with Gasteiger partial charge in [-0.3, -0.25) is 0 Å². The Balaban J connectivity index is 2.20. The first kappa shape index (κ1) is 12.4. The summed E-state index contributed by atoms with van der Waals surface area (Å²) in [5, 5.41) is 0. The van der Waals surface area contributed by atoms with Crippen molar-refractivity contribution in [3.8, 4) is 11.4 Å². The van der Waals surface area contributed by atoms with Crippen LogP contribution in [-0.2, 0) is 0 Å². The van der Waals surface area contributed by atoms with Crippen LogP contribution < -0.4 is 0 Å². The summed E-state index contributed by atoms with van der Waals surface area (Å²) in [4.78, 5) is 8.14. The zero-order valence-corrected chi connectivity index (χ0v) is 12.8. The van der Waals surface area contributed by atoms with Crippen LogP contribution in [-0.4, -0.2) is 9.97 Å². The van der Waals surface area contributed by atoms with E-state index in [0.29, 0.717) is 0 Å². The van der Waals surface area contributed by atoms with Crippen LogP contribution in [0.1, 0.15) is 16.7 Å². The third-order valence-electron chi connectivity index (χ3n) is 3.35. The third-order valence-corrected chi connectivity index (χ3v) is 4.24. The molecular weight excluding hydrogens is 300 g/mol. The molecule has 0 spiro atoms. The molecule has 3 aromatic rings. The summed E-state index contributed by atoms with van der Waals surface area (Å²) in [5.74, 6) is 0.930. The second-order valence-corrected chi connectivity index (χ2v) is 5.88. The summed E-state index contributed by atoms with van der Waals surface area (Å²) in [5.41, 5.74) is 6.97. The molecule has 2 nitrogen and oxygen atoms in total. The van der Waals surface area contributed by atoms with Gasteiger partial charge in [-0.25, -0.2) is 4.98 Å². The largest absolute Gasteiger partial charge is 0.338 e. The topological polar surface area (TPSA) is 28.7 Å². The number of benzene rings is 2. The molecule has 19 heavy (non-hydrogen) atoms. The normalized spacial score (nSPS) is 11.2. The van der Waals surface area contributed by atoms with E-state index in [1.165, 1.54) is 16.7 Å². The summed E-state index contributed by atoms with van der Waals surface area (Å²) in [6, 6.07) is 10.6. The first-order valence-corrected chi connectivity index (χ1v) is 7.07. The summed E-state index contributed by atoms with van der Waals surface area (Å²) >= 11 is 3.53. The molecule has 1 N–H and O–H groups in total. The average Bonchev–Trinajstić information content (AvgIpc) is 2.76. The van der Waals surface area contributed by atoms with Crippen LogP contribution >= 0.6 is 15.9 Å². The maximum absolute atomic E-state index is 4.72. The van der Waals surface area contributed by atoms with E-state index in [9.17, 15) is 0 Å². The SMILES string of the molecule is Cc1cc(C)c2nc(-c3ccc(Br)c(C)c3)[nH]c2c1. The van der Waals surface area contributed by atoms with Crippen molar-refractivity contribution >= 4 is 27.0 Å². The lowest BCUT2D eigenvalue weighted by Gasteiger charge is -2.00. The average molecular weight is 315 g/mol. The van der Waals surface area contributed by atoms with Gasteiger partial charge in [0.25, 0.3) is 0 Å². The van der Waals surface area contributed by atoms with Crippen molar-refractivity contribution in [3.63, 3.8) is 0 Å². The van der Waals surface area contributed by atoms with E-state index in [1.807, 2.05) is 0 Å². The molecule has 3 rings (SSSR count). The Kier molecular flexibility index (Phi) is 2.94. The van der Waals surface area contributed by atoms with Gasteiger partial charge in [-0.05, 0) is 55.7 Å². The Hall–Kier alpha value is -1.61. The molecule has 0 atom stereocenters. The first-order valence-electron chi connectivity index (χ1n) is 6.28. The predicted molar refractivity (Wildman–Crippen MR) is 83.4 cm³/mol. The van der Waals surface area contributed by atoms with Gasteiger partial charge in [-0.15, -0.1) is 0 Å². The Morgan fingerprint density at radius 3 is 2.53 bits per heavy atom. The molecule has 1 aromatic heterocycles. The number of aryl methyl sites for hydroxylation is 3. The molecule has 3 heteroatoms. The standard InChI is InChI=1S/C16H15BrN2/c1-9-6-11(3)15-14(7-9)18-16(19-15)12-4-5-13(17)10(2)8-12/h4-8H,1-3H3,(H,18,19). The molecule has 2 aromatic carbocycles. The number of nitrogens with one attached hydrogen (secondary N) is 1. The monoisotopic (exact) mass is 314 g/mol. The maximum Gasteiger partial charge on any atom is 0.138 e. The summed E-state index contributed by atoms with van der Waals surface area (Å²) in [6.45, 7) is 6.30. The van der Waals surface area contributed by atoms with Crippen molar-refractivity contribution < 1.29 is 0 Å². The van der Waals surface area contributed by atoms with E-state index in [0.717, 1.165) is 26.9 Å². The molecule has 1 heterocycles. The number of fused-ring (bicyclic) bond motifs is 1. The minimum absolute atomic E-state index is 0.930. The Morgan fingerprint density at radius 1 is 1.00 bits per heavy atom. The van der Waals surface area contributed by atoms with E-state index in [4.69, 9.17) is 4.98 Å². The van der Waals surface area contributed by atoms with Crippen molar-refractivity contribution in [2.45, 2.75) is 20.8 Å². The van der Waals surface area contributed by atoms with Gasteiger partial charge in [0, 0.05) is 10.0 Å². The number of hydrogen-bond acceptors (Lipinski definition) is 1. The lowest BCUT2D eigenvalue weighted by Crippen LogP contribution is -1.83. The van der Waals surface area contributed by atoms with E-state index in [2.05, 4.69) is 72.0 Å². The number of aromatic amines is 1. The van der Waals surface area contributed by atoms with Gasteiger partial charge in [0.2, 0.25) is 0 Å². The van der Waals surface area contributed by atoms with Crippen LogP contribution in [0.5, 0.6) is 0 Å². The van der Waals surface area contributed by atoms with Gasteiger partial charge in [0.1, 0.15) is 5.82 Å². The summed E-state index contributed by atoms with van der Waals surface area (Å²) in [6.07, 6.45) is 0. The lowest BCUT2D eigenvalue weighted by atomic mass is 10.1.